The highest BCUT2D eigenvalue weighted by Gasteiger charge is 2.78. The molecule has 0 aromatic carbocycles. The third-order valence-electron chi connectivity index (χ3n) is 10.4. The topological polar surface area (TPSA) is 17.1 Å². The first-order valence-electron chi connectivity index (χ1n) is 15.9. The van der Waals surface area contributed by atoms with Crippen molar-refractivity contribution >= 4 is 29.0 Å². The third-order valence-corrected chi connectivity index (χ3v) is 11.9. The number of carbonyl (C=O) groups excluding carboxylic acids is 1. The monoisotopic (exact) mass is 526 g/mol. The molecule has 3 rings (SSSR count). The zero-order valence-electron chi connectivity index (χ0n) is 23.3. The number of carbonyl (C=O) groups is 1. The summed E-state index contributed by atoms with van der Waals surface area (Å²) in [4.78, 5) is 13.7. The number of ketones is 1. The molecule has 0 bridgehead atoms. The van der Waals surface area contributed by atoms with Gasteiger partial charge in [-0.15, -0.1) is 0 Å². The Hall–Kier alpha value is 0.250. The van der Waals surface area contributed by atoms with Crippen LogP contribution in [0.5, 0.6) is 0 Å². The second-order valence-electron chi connectivity index (χ2n) is 12.8. The summed E-state index contributed by atoms with van der Waals surface area (Å²) in [6.45, 7) is 4.56. The van der Waals surface area contributed by atoms with Gasteiger partial charge in [0.15, 0.2) is 5.78 Å². The van der Waals surface area contributed by atoms with Gasteiger partial charge in [0.25, 0.3) is 0 Å². The van der Waals surface area contributed by atoms with Gasteiger partial charge in [0.2, 0.25) is 0 Å². The van der Waals surface area contributed by atoms with E-state index in [1.807, 2.05) is 0 Å². The van der Waals surface area contributed by atoms with E-state index in [-0.39, 0.29) is 0 Å². The molecule has 3 aliphatic carbocycles. The van der Waals surface area contributed by atoms with E-state index in [0.717, 1.165) is 63.2 Å². The Morgan fingerprint density at radius 2 is 0.886 bits per heavy atom. The lowest BCUT2D eigenvalue weighted by Crippen LogP contribution is -2.74. The minimum absolute atomic E-state index is 0.432. The molecule has 3 saturated carbocycles. The molecular formula is C32H56Cl2O. The minimum atomic E-state index is -0.828. The number of halogens is 2. The van der Waals surface area contributed by atoms with E-state index in [1.165, 1.54) is 103 Å². The third kappa shape index (κ3) is 6.82. The summed E-state index contributed by atoms with van der Waals surface area (Å²) in [5, 5.41) is 0. The maximum absolute atomic E-state index is 13.7. The van der Waals surface area contributed by atoms with Crippen molar-refractivity contribution < 1.29 is 4.79 Å². The Bertz CT molecular complexity index is 561. The molecule has 0 N–H and O–H groups in total. The first kappa shape index (κ1) is 29.8. The molecule has 0 aromatic heterocycles. The molecular weight excluding hydrogens is 471 g/mol. The van der Waals surface area contributed by atoms with Crippen molar-refractivity contribution in [3.63, 3.8) is 0 Å². The summed E-state index contributed by atoms with van der Waals surface area (Å²) in [6, 6.07) is 0. The van der Waals surface area contributed by atoms with Crippen LogP contribution in [0.4, 0.5) is 0 Å². The van der Waals surface area contributed by atoms with Gasteiger partial charge in [0.1, 0.15) is 4.33 Å². The fourth-order valence-electron chi connectivity index (χ4n) is 7.92. The highest BCUT2D eigenvalue weighted by Crippen LogP contribution is 2.74. The van der Waals surface area contributed by atoms with Gasteiger partial charge in [-0.05, 0) is 63.2 Å². The van der Waals surface area contributed by atoms with Crippen LogP contribution in [-0.2, 0) is 4.79 Å². The summed E-state index contributed by atoms with van der Waals surface area (Å²) in [5.74, 6) is 2.02. The van der Waals surface area contributed by atoms with Crippen LogP contribution in [0.3, 0.4) is 0 Å². The van der Waals surface area contributed by atoms with E-state index in [9.17, 15) is 4.79 Å². The number of hydrogen-bond donors (Lipinski definition) is 0. The summed E-state index contributed by atoms with van der Waals surface area (Å²) >= 11 is 14.4. The zero-order valence-corrected chi connectivity index (χ0v) is 24.8. The summed E-state index contributed by atoms with van der Waals surface area (Å²) in [6.07, 6.45) is 30.3. The van der Waals surface area contributed by atoms with Crippen LogP contribution in [0.15, 0.2) is 0 Å². The smallest absolute Gasteiger partial charge is 0.151 e. The quantitative estimate of drug-likeness (QED) is 0.144. The van der Waals surface area contributed by atoms with Crippen molar-refractivity contribution in [3.05, 3.63) is 0 Å². The van der Waals surface area contributed by atoms with Gasteiger partial charge >= 0.3 is 0 Å². The van der Waals surface area contributed by atoms with E-state index >= 15 is 0 Å². The highest BCUT2D eigenvalue weighted by molar-refractivity contribution is 6.55. The first-order chi connectivity index (χ1) is 16.9. The van der Waals surface area contributed by atoms with Crippen molar-refractivity contribution in [2.24, 2.45) is 22.7 Å². The zero-order chi connectivity index (χ0) is 25.2. The fourth-order valence-corrected chi connectivity index (χ4v) is 9.02. The van der Waals surface area contributed by atoms with Crippen LogP contribution in [0.25, 0.3) is 0 Å². The van der Waals surface area contributed by atoms with Gasteiger partial charge in [-0.3, -0.25) is 4.79 Å². The van der Waals surface area contributed by atoms with Gasteiger partial charge in [0, 0.05) is 0 Å². The molecule has 204 valence electrons. The minimum Gasteiger partial charge on any atom is -0.298 e. The molecule has 3 aliphatic rings. The molecule has 0 aromatic rings. The molecule has 0 amide bonds. The normalized spacial score (nSPS) is 32.3. The van der Waals surface area contributed by atoms with Crippen molar-refractivity contribution in [1.29, 1.82) is 0 Å². The van der Waals surface area contributed by atoms with E-state index in [0.29, 0.717) is 5.78 Å². The molecule has 0 unspecified atom stereocenters. The average molecular weight is 528 g/mol. The van der Waals surface area contributed by atoms with Gasteiger partial charge in [-0.1, -0.05) is 140 Å². The predicted molar refractivity (Wildman–Crippen MR) is 153 cm³/mol. The largest absolute Gasteiger partial charge is 0.298 e. The summed E-state index contributed by atoms with van der Waals surface area (Å²) < 4.78 is -0.828. The van der Waals surface area contributed by atoms with Gasteiger partial charge < -0.3 is 0 Å². The second kappa shape index (κ2) is 14.4. The van der Waals surface area contributed by atoms with E-state index in [1.54, 1.807) is 0 Å². The van der Waals surface area contributed by atoms with Crippen LogP contribution < -0.4 is 0 Å². The lowest BCUT2D eigenvalue weighted by molar-refractivity contribution is -0.172. The predicted octanol–water partition coefficient (Wildman–Crippen LogP) is 11.4. The fraction of sp³-hybridized carbons (Fsp3) is 0.969. The maximum Gasteiger partial charge on any atom is 0.151 e. The Balaban J connectivity index is 1.35. The molecule has 2 spiro atoms. The number of rotatable bonds is 16. The van der Waals surface area contributed by atoms with Crippen LogP contribution >= 0.6 is 23.2 Å². The number of alkyl halides is 2. The van der Waals surface area contributed by atoms with E-state index < -0.39 is 15.2 Å². The molecule has 0 saturated heterocycles. The molecule has 0 aliphatic heterocycles. The standard InChI is InChI=1S/C32H56Cl2O/c1-3-5-7-9-11-13-15-17-27-19-23-30(24-20-27)29(35)31(32(30,33)34)25-21-28(22-26-31)18-16-14-12-10-8-6-4-2/h27-28H,3-26H2,1-2H3/t27?,28?,30-,31-. The highest BCUT2D eigenvalue weighted by atomic mass is 35.5. The average Bonchev–Trinajstić information content (AvgIpc) is 2.87. The Morgan fingerprint density at radius 1 is 0.571 bits per heavy atom. The van der Waals surface area contributed by atoms with Gasteiger partial charge in [0.05, 0.1) is 10.8 Å². The SMILES string of the molecule is CCCCCCCCCC1CC[C@]2(CC1)C(=O)[C@@]1(CCC(CCCCCCCCC)CC1)C2(Cl)Cl. The van der Waals surface area contributed by atoms with Crippen LogP contribution in [0.1, 0.15) is 168 Å². The molecule has 0 heterocycles. The maximum atomic E-state index is 13.7. The van der Waals surface area contributed by atoms with E-state index in [2.05, 4.69) is 13.8 Å². The van der Waals surface area contributed by atoms with Crippen molar-refractivity contribution in [2.75, 3.05) is 0 Å². The van der Waals surface area contributed by atoms with E-state index in [4.69, 9.17) is 23.2 Å². The molecule has 1 nitrogen and oxygen atoms in total. The van der Waals surface area contributed by atoms with Crippen molar-refractivity contribution in [1.82, 2.24) is 0 Å². The lowest BCUT2D eigenvalue weighted by atomic mass is 9.42. The van der Waals surface area contributed by atoms with Gasteiger partial charge in [-0.25, -0.2) is 0 Å². The Morgan fingerprint density at radius 3 is 1.20 bits per heavy atom. The molecule has 0 radical (unpaired) electrons. The molecule has 35 heavy (non-hydrogen) atoms. The number of unbranched alkanes of at least 4 members (excludes halogenated alkanes) is 12. The Labute approximate surface area is 228 Å². The van der Waals surface area contributed by atoms with Gasteiger partial charge in [-0.2, -0.15) is 0 Å². The second-order valence-corrected chi connectivity index (χ2v) is 14.1. The van der Waals surface area contributed by atoms with Crippen molar-refractivity contribution in [2.45, 2.75) is 172 Å². The van der Waals surface area contributed by atoms with Crippen LogP contribution in [0.2, 0.25) is 0 Å². The van der Waals surface area contributed by atoms with Crippen LogP contribution in [-0.4, -0.2) is 10.1 Å². The molecule has 0 atom stereocenters. The number of hydrogen-bond acceptors (Lipinski definition) is 1. The van der Waals surface area contributed by atoms with Crippen molar-refractivity contribution in [3.8, 4) is 0 Å². The molecule has 3 fully saturated rings. The molecule has 3 heteroatoms. The Kier molecular flexibility index (Phi) is 12.3. The first-order valence-corrected chi connectivity index (χ1v) is 16.6. The number of Topliss-reactive ketones (excluding diaryl/α,β-unsaturated/α-hetero) is 1. The lowest BCUT2D eigenvalue weighted by Gasteiger charge is -2.67. The summed E-state index contributed by atoms with van der Waals surface area (Å²) in [7, 11) is 0. The summed E-state index contributed by atoms with van der Waals surface area (Å²) in [5.41, 5.74) is -0.865. The van der Waals surface area contributed by atoms with Crippen LogP contribution in [0, 0.1) is 22.7 Å².